The molecule has 0 aliphatic heterocycles. The summed E-state index contributed by atoms with van der Waals surface area (Å²) in [7, 11) is 0. The van der Waals surface area contributed by atoms with E-state index in [4.69, 9.17) is 4.74 Å². The Morgan fingerprint density at radius 2 is 1.95 bits per heavy atom. The van der Waals surface area contributed by atoms with E-state index < -0.39 is 0 Å². The van der Waals surface area contributed by atoms with Gasteiger partial charge >= 0.3 is 5.97 Å². The van der Waals surface area contributed by atoms with Crippen molar-refractivity contribution in [2.24, 2.45) is 0 Å². The van der Waals surface area contributed by atoms with Crippen LogP contribution < -0.4 is 0 Å². The normalized spacial score (nSPS) is 12.3. The standard InChI is InChI=1S/C16H20O3/c1-3-19-16(18)12-15(11-7-8-13(2)17)14-9-5-4-6-10-14/h4-10,15H,3,11-12H2,1-2H3/b8-7+. The number of ether oxygens (including phenoxy) is 1. The van der Waals surface area contributed by atoms with Crippen molar-refractivity contribution in [2.75, 3.05) is 6.61 Å². The Hall–Kier alpha value is -1.90. The summed E-state index contributed by atoms with van der Waals surface area (Å²) >= 11 is 0. The number of esters is 1. The van der Waals surface area contributed by atoms with Crippen molar-refractivity contribution in [2.45, 2.75) is 32.6 Å². The summed E-state index contributed by atoms with van der Waals surface area (Å²) in [6.45, 7) is 3.70. The number of hydrogen-bond donors (Lipinski definition) is 0. The van der Waals surface area contributed by atoms with Gasteiger partial charge in [-0.3, -0.25) is 9.59 Å². The van der Waals surface area contributed by atoms with Gasteiger partial charge in [0.05, 0.1) is 13.0 Å². The van der Waals surface area contributed by atoms with Crippen molar-refractivity contribution in [1.82, 2.24) is 0 Å². The molecule has 1 aromatic rings. The largest absolute Gasteiger partial charge is 0.466 e. The predicted octanol–water partition coefficient (Wildman–Crippen LogP) is 3.26. The second kappa shape index (κ2) is 8.25. The molecule has 0 N–H and O–H groups in total. The first kappa shape index (κ1) is 15.2. The summed E-state index contributed by atoms with van der Waals surface area (Å²) in [4.78, 5) is 22.5. The molecule has 0 saturated heterocycles. The minimum absolute atomic E-state index is 0.0166. The number of rotatable bonds is 7. The molecular formula is C16H20O3. The van der Waals surface area contributed by atoms with Crippen molar-refractivity contribution < 1.29 is 14.3 Å². The number of hydrogen-bond acceptors (Lipinski definition) is 3. The summed E-state index contributed by atoms with van der Waals surface area (Å²) in [6.07, 6.45) is 4.35. The summed E-state index contributed by atoms with van der Waals surface area (Å²) in [5.41, 5.74) is 1.09. The first-order chi connectivity index (χ1) is 9.13. The van der Waals surface area contributed by atoms with Crippen LogP contribution in [0.1, 0.15) is 38.2 Å². The molecule has 0 heterocycles. The average molecular weight is 260 g/mol. The fraction of sp³-hybridized carbons (Fsp3) is 0.375. The zero-order valence-electron chi connectivity index (χ0n) is 11.5. The third-order valence-corrected chi connectivity index (χ3v) is 2.76. The van der Waals surface area contributed by atoms with Crippen LogP contribution in [-0.2, 0) is 14.3 Å². The summed E-state index contributed by atoms with van der Waals surface area (Å²) < 4.78 is 4.99. The molecule has 0 amide bonds. The molecule has 0 aliphatic carbocycles. The Balaban J connectivity index is 2.73. The van der Waals surface area contributed by atoms with Crippen molar-refractivity contribution in [3.05, 3.63) is 48.0 Å². The lowest BCUT2D eigenvalue weighted by molar-refractivity contribution is -0.143. The molecule has 1 rings (SSSR count). The molecule has 0 aromatic heterocycles. The molecule has 102 valence electrons. The molecule has 0 fully saturated rings. The van der Waals surface area contributed by atoms with Crippen LogP contribution >= 0.6 is 0 Å². The van der Waals surface area contributed by atoms with Crippen molar-refractivity contribution in [3.63, 3.8) is 0 Å². The Kier molecular flexibility index (Phi) is 6.58. The van der Waals surface area contributed by atoms with Gasteiger partial charge in [0.1, 0.15) is 0 Å². The van der Waals surface area contributed by atoms with Gasteiger partial charge in [-0.05, 0) is 37.8 Å². The Morgan fingerprint density at radius 3 is 2.53 bits per heavy atom. The van der Waals surface area contributed by atoms with Gasteiger partial charge in [0, 0.05) is 0 Å². The van der Waals surface area contributed by atoms with E-state index in [0.29, 0.717) is 19.4 Å². The number of allylic oxidation sites excluding steroid dienone is 2. The Bertz CT molecular complexity index is 435. The van der Waals surface area contributed by atoms with E-state index in [0.717, 1.165) is 5.56 Å². The van der Waals surface area contributed by atoms with Crippen molar-refractivity contribution in [3.8, 4) is 0 Å². The van der Waals surface area contributed by atoms with E-state index in [1.54, 1.807) is 13.0 Å². The highest BCUT2D eigenvalue weighted by molar-refractivity contribution is 5.87. The number of ketones is 1. The molecule has 0 bridgehead atoms. The molecule has 19 heavy (non-hydrogen) atoms. The second-order valence-corrected chi connectivity index (χ2v) is 4.37. The highest BCUT2D eigenvalue weighted by Gasteiger charge is 2.15. The molecule has 0 saturated carbocycles. The fourth-order valence-electron chi connectivity index (χ4n) is 1.88. The van der Waals surface area contributed by atoms with Gasteiger partial charge in [-0.1, -0.05) is 36.4 Å². The maximum Gasteiger partial charge on any atom is 0.306 e. The first-order valence-electron chi connectivity index (χ1n) is 6.51. The van der Waals surface area contributed by atoms with Gasteiger partial charge in [0.2, 0.25) is 0 Å². The van der Waals surface area contributed by atoms with Crippen molar-refractivity contribution >= 4 is 11.8 Å². The van der Waals surface area contributed by atoms with Gasteiger partial charge in [-0.2, -0.15) is 0 Å². The lowest BCUT2D eigenvalue weighted by atomic mass is 9.92. The Labute approximate surface area is 114 Å². The van der Waals surface area contributed by atoms with Crippen LogP contribution in [0.25, 0.3) is 0 Å². The van der Waals surface area contributed by atoms with Gasteiger partial charge in [0.25, 0.3) is 0 Å². The van der Waals surface area contributed by atoms with E-state index in [9.17, 15) is 9.59 Å². The molecule has 3 heteroatoms. The maximum atomic E-state index is 11.6. The molecule has 0 aliphatic rings. The summed E-state index contributed by atoms with van der Waals surface area (Å²) in [6, 6.07) is 9.82. The van der Waals surface area contributed by atoms with Gasteiger partial charge in [0.15, 0.2) is 5.78 Å². The minimum Gasteiger partial charge on any atom is -0.466 e. The highest BCUT2D eigenvalue weighted by atomic mass is 16.5. The highest BCUT2D eigenvalue weighted by Crippen LogP contribution is 2.24. The first-order valence-corrected chi connectivity index (χ1v) is 6.51. The zero-order valence-corrected chi connectivity index (χ0v) is 11.5. The molecule has 1 aromatic carbocycles. The summed E-state index contributed by atoms with van der Waals surface area (Å²) in [5.74, 6) is -0.133. The van der Waals surface area contributed by atoms with Crippen LogP contribution in [0.5, 0.6) is 0 Å². The average Bonchev–Trinajstić information content (AvgIpc) is 2.38. The molecule has 1 atom stereocenters. The monoisotopic (exact) mass is 260 g/mol. The molecule has 3 nitrogen and oxygen atoms in total. The van der Waals surface area contributed by atoms with Crippen LogP contribution in [-0.4, -0.2) is 18.4 Å². The summed E-state index contributed by atoms with van der Waals surface area (Å²) in [5, 5.41) is 0. The smallest absolute Gasteiger partial charge is 0.306 e. The molecular weight excluding hydrogens is 240 g/mol. The fourth-order valence-corrected chi connectivity index (χ4v) is 1.88. The van der Waals surface area contributed by atoms with E-state index >= 15 is 0 Å². The van der Waals surface area contributed by atoms with Crippen LogP contribution in [0.4, 0.5) is 0 Å². The van der Waals surface area contributed by atoms with Crippen LogP contribution in [0.3, 0.4) is 0 Å². The third-order valence-electron chi connectivity index (χ3n) is 2.76. The van der Waals surface area contributed by atoms with Crippen molar-refractivity contribution in [1.29, 1.82) is 0 Å². The zero-order chi connectivity index (χ0) is 14.1. The second-order valence-electron chi connectivity index (χ2n) is 4.37. The van der Waals surface area contributed by atoms with E-state index in [1.807, 2.05) is 36.4 Å². The van der Waals surface area contributed by atoms with Gasteiger partial charge < -0.3 is 4.74 Å². The number of carbonyl (C=O) groups excluding carboxylic acids is 2. The quantitative estimate of drug-likeness (QED) is 0.558. The lowest BCUT2D eigenvalue weighted by Gasteiger charge is -2.14. The van der Waals surface area contributed by atoms with Crippen LogP contribution in [0.15, 0.2) is 42.5 Å². The SMILES string of the molecule is CCOC(=O)CC(C/C=C/C(C)=O)c1ccccc1. The van der Waals surface area contributed by atoms with Crippen LogP contribution in [0.2, 0.25) is 0 Å². The third kappa shape index (κ3) is 6.00. The molecule has 0 radical (unpaired) electrons. The van der Waals surface area contributed by atoms with E-state index in [1.165, 1.54) is 6.92 Å². The van der Waals surface area contributed by atoms with Gasteiger partial charge in [-0.25, -0.2) is 0 Å². The molecule has 0 spiro atoms. The van der Waals surface area contributed by atoms with E-state index in [-0.39, 0.29) is 17.7 Å². The topological polar surface area (TPSA) is 43.4 Å². The predicted molar refractivity (Wildman–Crippen MR) is 74.9 cm³/mol. The maximum absolute atomic E-state index is 11.6. The lowest BCUT2D eigenvalue weighted by Crippen LogP contribution is -2.10. The van der Waals surface area contributed by atoms with E-state index in [2.05, 4.69) is 0 Å². The Morgan fingerprint density at radius 1 is 1.26 bits per heavy atom. The number of carbonyl (C=O) groups is 2. The molecule has 1 unspecified atom stereocenters. The minimum atomic E-state index is -0.201. The van der Waals surface area contributed by atoms with Gasteiger partial charge in [-0.15, -0.1) is 0 Å². The van der Waals surface area contributed by atoms with Crippen LogP contribution in [0, 0.1) is 0 Å². The number of benzene rings is 1.